The van der Waals surface area contributed by atoms with Gasteiger partial charge in [0, 0.05) is 12.1 Å². The Hall–Kier alpha value is -0.0800. The summed E-state index contributed by atoms with van der Waals surface area (Å²) < 4.78 is 0. The van der Waals surface area contributed by atoms with Gasteiger partial charge in [-0.05, 0) is 51.1 Å². The summed E-state index contributed by atoms with van der Waals surface area (Å²) in [5, 5.41) is 0. The molecule has 0 saturated carbocycles. The zero-order valence-electron chi connectivity index (χ0n) is 12.8. The second kappa shape index (κ2) is 8.92. The van der Waals surface area contributed by atoms with Crippen molar-refractivity contribution >= 4 is 0 Å². The van der Waals surface area contributed by atoms with Crippen LogP contribution in [0.1, 0.15) is 72.1 Å². The minimum atomic E-state index is 0.378. The molecule has 0 amide bonds. The fourth-order valence-corrected chi connectivity index (χ4v) is 3.57. The van der Waals surface area contributed by atoms with E-state index < -0.39 is 0 Å². The van der Waals surface area contributed by atoms with Gasteiger partial charge in [-0.3, -0.25) is 4.90 Å². The predicted molar refractivity (Wildman–Crippen MR) is 80.8 cm³/mol. The smallest absolute Gasteiger partial charge is 0.0244 e. The van der Waals surface area contributed by atoms with E-state index in [1.54, 1.807) is 0 Å². The lowest BCUT2D eigenvalue weighted by molar-refractivity contribution is 0.165. The molecule has 1 heterocycles. The Labute approximate surface area is 114 Å². The van der Waals surface area contributed by atoms with Gasteiger partial charge >= 0.3 is 0 Å². The highest BCUT2D eigenvalue weighted by atomic mass is 15.2. The van der Waals surface area contributed by atoms with E-state index >= 15 is 0 Å². The lowest BCUT2D eigenvalue weighted by Crippen LogP contribution is -2.47. The predicted octanol–water partition coefficient (Wildman–Crippen LogP) is 3.79. The van der Waals surface area contributed by atoms with Gasteiger partial charge in [-0.1, -0.05) is 40.0 Å². The molecular formula is C16H34N2. The molecule has 2 nitrogen and oxygen atoms in total. The van der Waals surface area contributed by atoms with Crippen molar-refractivity contribution in [1.82, 2.24) is 4.90 Å². The molecule has 0 radical (unpaired) electrons. The van der Waals surface area contributed by atoms with Crippen molar-refractivity contribution in [1.29, 1.82) is 0 Å². The van der Waals surface area contributed by atoms with Crippen molar-refractivity contribution in [2.24, 2.45) is 11.7 Å². The Morgan fingerprint density at radius 3 is 2.50 bits per heavy atom. The molecule has 0 spiro atoms. The average molecular weight is 254 g/mol. The Balaban J connectivity index is 2.48. The highest BCUT2D eigenvalue weighted by Crippen LogP contribution is 2.24. The maximum atomic E-state index is 6.37. The largest absolute Gasteiger partial charge is 0.326 e. The first kappa shape index (κ1) is 16.0. The summed E-state index contributed by atoms with van der Waals surface area (Å²) in [5.41, 5.74) is 6.37. The van der Waals surface area contributed by atoms with Crippen LogP contribution in [0.15, 0.2) is 0 Å². The van der Waals surface area contributed by atoms with Crippen molar-refractivity contribution in [2.45, 2.75) is 84.2 Å². The summed E-state index contributed by atoms with van der Waals surface area (Å²) in [6, 6.07) is 0.994. The third-order valence-corrected chi connectivity index (χ3v) is 4.58. The first-order chi connectivity index (χ1) is 8.72. The van der Waals surface area contributed by atoms with E-state index in [0.29, 0.717) is 12.1 Å². The van der Waals surface area contributed by atoms with E-state index in [4.69, 9.17) is 5.73 Å². The number of hydrogen-bond donors (Lipinski definition) is 1. The molecule has 1 saturated heterocycles. The summed E-state index contributed by atoms with van der Waals surface area (Å²) in [7, 11) is 0. The van der Waals surface area contributed by atoms with Crippen molar-refractivity contribution in [3.63, 3.8) is 0 Å². The molecule has 18 heavy (non-hydrogen) atoms. The van der Waals surface area contributed by atoms with Gasteiger partial charge in [-0.25, -0.2) is 0 Å². The molecule has 2 heteroatoms. The van der Waals surface area contributed by atoms with Crippen molar-refractivity contribution < 1.29 is 0 Å². The van der Waals surface area contributed by atoms with Crippen LogP contribution in [0.5, 0.6) is 0 Å². The molecule has 0 aliphatic carbocycles. The topological polar surface area (TPSA) is 29.3 Å². The first-order valence-corrected chi connectivity index (χ1v) is 8.22. The molecule has 0 aromatic carbocycles. The molecule has 1 aliphatic rings. The number of likely N-dealkylation sites (tertiary alicyclic amines) is 1. The van der Waals surface area contributed by atoms with Crippen molar-refractivity contribution in [2.75, 3.05) is 13.1 Å². The quantitative estimate of drug-likeness (QED) is 0.749. The maximum Gasteiger partial charge on any atom is 0.0244 e. The summed E-state index contributed by atoms with van der Waals surface area (Å²) in [6.07, 6.45) is 10.6. The molecule has 2 N–H and O–H groups in total. The third-order valence-electron chi connectivity index (χ3n) is 4.58. The van der Waals surface area contributed by atoms with E-state index in [1.165, 1.54) is 64.5 Å². The maximum absolute atomic E-state index is 6.37. The zero-order chi connectivity index (χ0) is 13.4. The summed E-state index contributed by atoms with van der Waals surface area (Å²) in [4.78, 5) is 2.69. The van der Waals surface area contributed by atoms with Crippen LogP contribution in [-0.2, 0) is 0 Å². The van der Waals surface area contributed by atoms with Gasteiger partial charge in [0.25, 0.3) is 0 Å². The second-order valence-corrected chi connectivity index (χ2v) is 6.05. The number of nitrogens with two attached hydrogens (primary N) is 1. The van der Waals surface area contributed by atoms with Crippen LogP contribution in [0.3, 0.4) is 0 Å². The minimum Gasteiger partial charge on any atom is -0.326 e. The second-order valence-electron chi connectivity index (χ2n) is 6.05. The highest BCUT2D eigenvalue weighted by Gasteiger charge is 2.25. The van der Waals surface area contributed by atoms with Crippen LogP contribution in [0, 0.1) is 5.92 Å². The van der Waals surface area contributed by atoms with Crippen molar-refractivity contribution in [3.05, 3.63) is 0 Å². The van der Waals surface area contributed by atoms with Crippen LogP contribution < -0.4 is 5.73 Å². The van der Waals surface area contributed by atoms with Crippen LogP contribution in [0.2, 0.25) is 0 Å². The van der Waals surface area contributed by atoms with Crippen LogP contribution >= 0.6 is 0 Å². The highest BCUT2D eigenvalue weighted by molar-refractivity contribution is 4.83. The third kappa shape index (κ3) is 4.89. The van der Waals surface area contributed by atoms with Gasteiger partial charge in [0.15, 0.2) is 0 Å². The van der Waals surface area contributed by atoms with Gasteiger partial charge in [0.05, 0.1) is 0 Å². The fourth-order valence-electron chi connectivity index (χ4n) is 3.57. The Bertz CT molecular complexity index is 205. The Morgan fingerprint density at radius 2 is 1.89 bits per heavy atom. The van der Waals surface area contributed by atoms with Gasteiger partial charge in [-0.15, -0.1) is 0 Å². The molecular weight excluding hydrogens is 220 g/mol. The molecule has 1 fully saturated rings. The van der Waals surface area contributed by atoms with E-state index in [2.05, 4.69) is 25.7 Å². The van der Waals surface area contributed by atoms with Gasteiger partial charge in [0.1, 0.15) is 0 Å². The number of hydrogen-bond acceptors (Lipinski definition) is 2. The molecule has 0 aromatic rings. The summed E-state index contributed by atoms with van der Waals surface area (Å²) in [5.74, 6) is 0.972. The molecule has 0 bridgehead atoms. The summed E-state index contributed by atoms with van der Waals surface area (Å²) >= 11 is 0. The van der Waals surface area contributed by atoms with E-state index in [-0.39, 0.29) is 0 Å². The monoisotopic (exact) mass is 254 g/mol. The van der Waals surface area contributed by atoms with Crippen LogP contribution in [0.25, 0.3) is 0 Å². The zero-order valence-corrected chi connectivity index (χ0v) is 12.8. The average Bonchev–Trinajstić information content (AvgIpc) is 2.57. The number of rotatable bonds is 7. The number of nitrogens with zero attached hydrogens (tertiary/aromatic N) is 1. The first-order valence-electron chi connectivity index (χ1n) is 8.22. The SMILES string of the molecule is CCCC1CCCN(C(CC)C(N)CCC)CC1. The fraction of sp³-hybridized carbons (Fsp3) is 1.00. The normalized spacial score (nSPS) is 25.7. The lowest BCUT2D eigenvalue weighted by Gasteiger charge is -2.34. The van der Waals surface area contributed by atoms with Gasteiger partial charge in [-0.2, -0.15) is 0 Å². The van der Waals surface area contributed by atoms with E-state index in [9.17, 15) is 0 Å². The molecule has 108 valence electrons. The molecule has 3 atom stereocenters. The van der Waals surface area contributed by atoms with Gasteiger partial charge < -0.3 is 5.73 Å². The van der Waals surface area contributed by atoms with Crippen LogP contribution in [0.4, 0.5) is 0 Å². The van der Waals surface area contributed by atoms with E-state index in [0.717, 1.165) is 5.92 Å². The Morgan fingerprint density at radius 1 is 1.11 bits per heavy atom. The minimum absolute atomic E-state index is 0.378. The molecule has 1 rings (SSSR count). The molecule has 1 aliphatic heterocycles. The lowest BCUT2D eigenvalue weighted by atomic mass is 9.96. The van der Waals surface area contributed by atoms with Gasteiger partial charge in [0.2, 0.25) is 0 Å². The van der Waals surface area contributed by atoms with Crippen molar-refractivity contribution in [3.8, 4) is 0 Å². The standard InChI is InChI=1S/C16H34N2/c1-4-8-14-10-7-12-18(13-11-14)16(6-3)15(17)9-5-2/h14-16H,4-13,17H2,1-3H3. The molecule has 0 aromatic heterocycles. The molecule has 3 unspecified atom stereocenters. The summed E-state index contributed by atoms with van der Waals surface area (Å²) in [6.45, 7) is 9.41. The Kier molecular flexibility index (Phi) is 7.92. The van der Waals surface area contributed by atoms with Crippen LogP contribution in [-0.4, -0.2) is 30.1 Å². The van der Waals surface area contributed by atoms with E-state index in [1.807, 2.05) is 0 Å².